The first-order valence-corrected chi connectivity index (χ1v) is 7.13. The molecule has 0 bridgehead atoms. The van der Waals surface area contributed by atoms with Gasteiger partial charge in [-0.1, -0.05) is 47.1 Å². The molecule has 4 heteroatoms. The van der Waals surface area contributed by atoms with Crippen molar-refractivity contribution in [3.8, 4) is 5.75 Å². The van der Waals surface area contributed by atoms with Crippen LogP contribution < -0.4 is 4.74 Å². The van der Waals surface area contributed by atoms with Crippen molar-refractivity contribution >= 4 is 21.9 Å². The molecule has 0 aliphatic rings. The number of aromatic carboxylic acids is 1. The molecule has 0 atom stereocenters. The zero-order valence-electron chi connectivity index (χ0n) is 11.1. The Bertz CT molecular complexity index is 623. The van der Waals surface area contributed by atoms with Gasteiger partial charge in [0.1, 0.15) is 12.4 Å². The van der Waals surface area contributed by atoms with Crippen molar-refractivity contribution in [2.45, 2.75) is 20.0 Å². The molecule has 2 rings (SSSR count). The summed E-state index contributed by atoms with van der Waals surface area (Å²) in [6, 6.07) is 12.9. The van der Waals surface area contributed by atoms with Crippen LogP contribution in [0, 0.1) is 0 Å². The summed E-state index contributed by atoms with van der Waals surface area (Å²) in [5.74, 6) is -0.0706. The second-order valence-electron chi connectivity index (χ2n) is 4.36. The van der Waals surface area contributed by atoms with Crippen LogP contribution in [-0.4, -0.2) is 11.1 Å². The van der Waals surface area contributed by atoms with Gasteiger partial charge in [-0.25, -0.2) is 4.79 Å². The molecule has 0 saturated heterocycles. The standard InChI is InChI=1S/C16H15BrO3/c1-2-11-5-3-4-6-15(11)20-10-13-8-7-12(16(18)19)9-14(13)17/h3-9H,2,10H2,1H3,(H,18,19). The predicted molar refractivity (Wildman–Crippen MR) is 81.3 cm³/mol. The molecule has 0 radical (unpaired) electrons. The molecule has 0 aromatic heterocycles. The largest absolute Gasteiger partial charge is 0.489 e. The Morgan fingerprint density at radius 1 is 1.20 bits per heavy atom. The Morgan fingerprint density at radius 3 is 2.60 bits per heavy atom. The Labute approximate surface area is 126 Å². The molecule has 0 saturated carbocycles. The van der Waals surface area contributed by atoms with E-state index in [0.29, 0.717) is 6.61 Å². The first-order chi connectivity index (χ1) is 9.61. The lowest BCUT2D eigenvalue weighted by molar-refractivity contribution is 0.0696. The van der Waals surface area contributed by atoms with E-state index in [-0.39, 0.29) is 5.56 Å². The first-order valence-electron chi connectivity index (χ1n) is 6.34. The normalized spacial score (nSPS) is 10.3. The van der Waals surface area contributed by atoms with Gasteiger partial charge < -0.3 is 9.84 Å². The van der Waals surface area contributed by atoms with Crippen LogP contribution in [0.4, 0.5) is 0 Å². The fourth-order valence-electron chi connectivity index (χ4n) is 1.89. The van der Waals surface area contributed by atoms with E-state index >= 15 is 0 Å². The maximum atomic E-state index is 10.9. The van der Waals surface area contributed by atoms with Gasteiger partial charge in [0.15, 0.2) is 0 Å². The van der Waals surface area contributed by atoms with Gasteiger partial charge in [0.25, 0.3) is 0 Å². The molecular formula is C16H15BrO3. The maximum absolute atomic E-state index is 10.9. The van der Waals surface area contributed by atoms with Gasteiger partial charge in [0, 0.05) is 10.0 Å². The van der Waals surface area contributed by atoms with Gasteiger partial charge in [0.2, 0.25) is 0 Å². The summed E-state index contributed by atoms with van der Waals surface area (Å²) >= 11 is 3.38. The van der Waals surface area contributed by atoms with Crippen LogP contribution in [0.3, 0.4) is 0 Å². The maximum Gasteiger partial charge on any atom is 0.335 e. The van der Waals surface area contributed by atoms with Crippen LogP contribution in [0.15, 0.2) is 46.9 Å². The van der Waals surface area contributed by atoms with Gasteiger partial charge in [-0.05, 0) is 30.2 Å². The number of carbonyl (C=O) groups is 1. The zero-order chi connectivity index (χ0) is 14.5. The van der Waals surface area contributed by atoms with Crippen LogP contribution in [0.25, 0.3) is 0 Å². The van der Waals surface area contributed by atoms with Crippen molar-refractivity contribution in [1.29, 1.82) is 0 Å². The number of benzene rings is 2. The van der Waals surface area contributed by atoms with E-state index in [4.69, 9.17) is 9.84 Å². The molecule has 0 aliphatic carbocycles. The van der Waals surface area contributed by atoms with E-state index in [1.54, 1.807) is 18.2 Å². The molecule has 1 N–H and O–H groups in total. The van der Waals surface area contributed by atoms with Gasteiger partial charge in [-0.15, -0.1) is 0 Å². The predicted octanol–water partition coefficient (Wildman–Crippen LogP) is 4.29. The summed E-state index contributed by atoms with van der Waals surface area (Å²) in [5.41, 5.74) is 2.33. The lowest BCUT2D eigenvalue weighted by Gasteiger charge is -2.11. The Hall–Kier alpha value is -1.81. The molecule has 2 aromatic rings. The number of hydrogen-bond donors (Lipinski definition) is 1. The number of aryl methyl sites for hydroxylation is 1. The van der Waals surface area contributed by atoms with Crippen molar-refractivity contribution < 1.29 is 14.6 Å². The van der Waals surface area contributed by atoms with E-state index < -0.39 is 5.97 Å². The Kier molecular flexibility index (Phi) is 4.79. The topological polar surface area (TPSA) is 46.5 Å². The molecule has 3 nitrogen and oxygen atoms in total. The zero-order valence-corrected chi connectivity index (χ0v) is 12.7. The van der Waals surface area contributed by atoms with Crippen LogP contribution in [0.1, 0.15) is 28.4 Å². The van der Waals surface area contributed by atoms with Crippen LogP contribution >= 0.6 is 15.9 Å². The minimum absolute atomic E-state index is 0.259. The molecule has 0 heterocycles. The van der Waals surface area contributed by atoms with E-state index in [1.165, 1.54) is 0 Å². The van der Waals surface area contributed by atoms with E-state index in [9.17, 15) is 4.79 Å². The molecule has 0 spiro atoms. The Balaban J connectivity index is 2.13. The van der Waals surface area contributed by atoms with E-state index in [1.807, 2.05) is 24.3 Å². The number of para-hydroxylation sites is 1. The third kappa shape index (κ3) is 3.39. The van der Waals surface area contributed by atoms with Crippen LogP contribution in [0.5, 0.6) is 5.75 Å². The lowest BCUT2D eigenvalue weighted by atomic mass is 10.1. The van der Waals surface area contributed by atoms with Gasteiger partial charge in [-0.2, -0.15) is 0 Å². The summed E-state index contributed by atoms with van der Waals surface area (Å²) in [4.78, 5) is 10.9. The van der Waals surface area contributed by atoms with Crippen molar-refractivity contribution in [2.24, 2.45) is 0 Å². The summed E-state index contributed by atoms with van der Waals surface area (Å²) < 4.78 is 6.56. The summed E-state index contributed by atoms with van der Waals surface area (Å²) in [5, 5.41) is 8.92. The Morgan fingerprint density at radius 2 is 1.95 bits per heavy atom. The number of hydrogen-bond acceptors (Lipinski definition) is 2. The molecular weight excluding hydrogens is 320 g/mol. The molecule has 2 aromatic carbocycles. The lowest BCUT2D eigenvalue weighted by Crippen LogP contribution is -2.01. The fourth-order valence-corrected chi connectivity index (χ4v) is 2.38. The number of ether oxygens (including phenoxy) is 1. The molecule has 0 unspecified atom stereocenters. The number of carboxylic acid groups (broad SMARTS) is 1. The second-order valence-corrected chi connectivity index (χ2v) is 5.22. The monoisotopic (exact) mass is 334 g/mol. The van der Waals surface area contributed by atoms with E-state index in [0.717, 1.165) is 27.8 Å². The summed E-state index contributed by atoms with van der Waals surface area (Å²) in [7, 11) is 0. The summed E-state index contributed by atoms with van der Waals surface area (Å²) in [6.07, 6.45) is 0.912. The molecule has 104 valence electrons. The smallest absolute Gasteiger partial charge is 0.335 e. The van der Waals surface area contributed by atoms with Gasteiger partial charge in [0.05, 0.1) is 5.56 Å². The van der Waals surface area contributed by atoms with Crippen molar-refractivity contribution in [3.63, 3.8) is 0 Å². The quantitative estimate of drug-likeness (QED) is 0.887. The average Bonchev–Trinajstić information content (AvgIpc) is 2.46. The first kappa shape index (κ1) is 14.6. The van der Waals surface area contributed by atoms with Crippen molar-refractivity contribution in [1.82, 2.24) is 0 Å². The minimum Gasteiger partial charge on any atom is -0.489 e. The molecule has 0 aliphatic heterocycles. The van der Waals surface area contributed by atoms with Gasteiger partial charge in [-0.3, -0.25) is 0 Å². The number of rotatable bonds is 5. The van der Waals surface area contributed by atoms with Crippen molar-refractivity contribution in [3.05, 3.63) is 63.6 Å². The summed E-state index contributed by atoms with van der Waals surface area (Å²) in [6.45, 7) is 2.48. The highest BCUT2D eigenvalue weighted by molar-refractivity contribution is 9.10. The minimum atomic E-state index is -0.936. The van der Waals surface area contributed by atoms with Crippen molar-refractivity contribution in [2.75, 3.05) is 0 Å². The van der Waals surface area contributed by atoms with Crippen LogP contribution in [-0.2, 0) is 13.0 Å². The number of halogens is 1. The third-order valence-corrected chi connectivity index (χ3v) is 3.77. The molecule has 0 fully saturated rings. The average molecular weight is 335 g/mol. The second kappa shape index (κ2) is 6.57. The SMILES string of the molecule is CCc1ccccc1OCc1ccc(C(=O)O)cc1Br. The van der Waals surface area contributed by atoms with Crippen LogP contribution in [0.2, 0.25) is 0 Å². The highest BCUT2D eigenvalue weighted by atomic mass is 79.9. The number of carboxylic acids is 1. The van der Waals surface area contributed by atoms with Gasteiger partial charge >= 0.3 is 5.97 Å². The highest BCUT2D eigenvalue weighted by Crippen LogP contribution is 2.23. The fraction of sp³-hybridized carbons (Fsp3) is 0.188. The molecule has 0 amide bonds. The highest BCUT2D eigenvalue weighted by Gasteiger charge is 2.08. The molecule has 20 heavy (non-hydrogen) atoms. The van der Waals surface area contributed by atoms with E-state index in [2.05, 4.69) is 22.9 Å². The third-order valence-electron chi connectivity index (χ3n) is 3.04.